The number of esters is 1. The van der Waals surface area contributed by atoms with E-state index in [4.69, 9.17) is 9.15 Å². The van der Waals surface area contributed by atoms with Gasteiger partial charge >= 0.3 is 5.97 Å². The van der Waals surface area contributed by atoms with Gasteiger partial charge in [0, 0.05) is 26.2 Å². The van der Waals surface area contributed by atoms with E-state index in [1.165, 1.54) is 17.7 Å². The number of hydrogen-bond acceptors (Lipinski definition) is 6. The summed E-state index contributed by atoms with van der Waals surface area (Å²) in [4.78, 5) is 14.2. The fourth-order valence-electron chi connectivity index (χ4n) is 3.35. The van der Waals surface area contributed by atoms with Gasteiger partial charge in [-0.15, -0.1) is 0 Å². The van der Waals surface area contributed by atoms with Crippen molar-refractivity contribution in [3.8, 4) is 0 Å². The highest BCUT2D eigenvalue weighted by atomic mass is 32.2. The monoisotopic (exact) mass is 406 g/mol. The second-order valence-electron chi connectivity index (χ2n) is 6.82. The van der Waals surface area contributed by atoms with Crippen molar-refractivity contribution in [3.05, 3.63) is 53.5 Å². The minimum Gasteiger partial charge on any atom is -0.467 e. The number of benzene rings is 1. The Morgan fingerprint density at radius 2 is 1.79 bits per heavy atom. The first-order chi connectivity index (χ1) is 13.5. The molecule has 0 bridgehead atoms. The number of carbonyl (C=O) groups excluding carboxylic acids is 1. The van der Waals surface area contributed by atoms with E-state index in [1.54, 1.807) is 18.2 Å². The molecule has 0 aliphatic carbocycles. The first kappa shape index (κ1) is 20.6. The summed E-state index contributed by atoms with van der Waals surface area (Å²) in [7, 11) is -2.16. The normalized spacial score (nSPS) is 16.2. The van der Waals surface area contributed by atoms with Gasteiger partial charge in [-0.3, -0.25) is 4.90 Å². The van der Waals surface area contributed by atoms with E-state index < -0.39 is 16.0 Å². The molecule has 2 aromatic rings. The average molecular weight is 407 g/mol. The molecule has 0 spiro atoms. The van der Waals surface area contributed by atoms with Crippen LogP contribution in [0.1, 0.15) is 35.0 Å². The van der Waals surface area contributed by atoms with Crippen LogP contribution in [0.5, 0.6) is 0 Å². The minimum atomic E-state index is -3.50. The van der Waals surface area contributed by atoms with Crippen molar-refractivity contribution in [2.45, 2.75) is 31.2 Å². The summed E-state index contributed by atoms with van der Waals surface area (Å²) in [6, 6.07) is 8.75. The number of carbonyl (C=O) groups is 1. The van der Waals surface area contributed by atoms with Crippen LogP contribution in [0.3, 0.4) is 0 Å². The predicted octanol–water partition coefficient (Wildman–Crippen LogP) is 2.53. The molecule has 1 saturated heterocycles. The zero-order chi connectivity index (χ0) is 20.1. The summed E-state index contributed by atoms with van der Waals surface area (Å²) in [5.74, 6) is 0.103. The van der Waals surface area contributed by atoms with Crippen LogP contribution < -0.4 is 0 Å². The summed E-state index contributed by atoms with van der Waals surface area (Å²) < 4.78 is 37.5. The fraction of sp³-hybridized carbons (Fsp3) is 0.450. The van der Waals surface area contributed by atoms with Gasteiger partial charge in [0.2, 0.25) is 10.0 Å². The van der Waals surface area contributed by atoms with E-state index in [-0.39, 0.29) is 0 Å². The largest absolute Gasteiger partial charge is 0.467 e. The van der Waals surface area contributed by atoms with Crippen LogP contribution in [0.2, 0.25) is 0 Å². The topological polar surface area (TPSA) is 80.1 Å². The lowest BCUT2D eigenvalue weighted by Crippen LogP contribution is -2.48. The van der Waals surface area contributed by atoms with Crippen LogP contribution in [0.15, 0.2) is 45.9 Å². The molecular formula is C20H26N2O5S. The minimum absolute atomic E-state index is 0.333. The third kappa shape index (κ3) is 4.45. The van der Waals surface area contributed by atoms with Crippen molar-refractivity contribution in [2.24, 2.45) is 0 Å². The van der Waals surface area contributed by atoms with Crippen LogP contribution in [0, 0.1) is 0 Å². The highest BCUT2D eigenvalue weighted by Gasteiger charge is 2.29. The molecule has 1 fully saturated rings. The van der Waals surface area contributed by atoms with Crippen molar-refractivity contribution in [1.29, 1.82) is 0 Å². The molecular weight excluding hydrogens is 380 g/mol. The molecule has 8 heteroatoms. The number of hydrogen-bond donors (Lipinski definition) is 0. The van der Waals surface area contributed by atoms with Gasteiger partial charge in [0.05, 0.1) is 24.8 Å². The Balaban J connectivity index is 1.61. The lowest BCUT2D eigenvalue weighted by molar-refractivity contribution is 0.0595. The Bertz CT molecular complexity index is 897. The first-order valence-electron chi connectivity index (χ1n) is 9.42. The van der Waals surface area contributed by atoms with E-state index >= 15 is 0 Å². The van der Waals surface area contributed by atoms with Crippen molar-refractivity contribution in [1.82, 2.24) is 9.21 Å². The van der Waals surface area contributed by atoms with Crippen LogP contribution in [0.4, 0.5) is 0 Å². The molecule has 28 heavy (non-hydrogen) atoms. The van der Waals surface area contributed by atoms with Crippen LogP contribution in [0.25, 0.3) is 0 Å². The number of nitrogens with zero attached hydrogens (tertiary/aromatic N) is 2. The molecule has 1 aromatic heterocycles. The lowest BCUT2D eigenvalue weighted by atomic mass is 10.1. The Morgan fingerprint density at radius 3 is 2.39 bits per heavy atom. The maximum Gasteiger partial charge on any atom is 0.341 e. The number of ether oxygens (including phenoxy) is 1. The van der Waals surface area contributed by atoms with Crippen molar-refractivity contribution in [3.63, 3.8) is 0 Å². The SMILES string of the molecule is CCCc1ccc(S(=O)(=O)N2CCN(Cc3occc3C(=O)OC)CC2)cc1. The van der Waals surface area contributed by atoms with E-state index in [1.807, 2.05) is 12.1 Å². The smallest absolute Gasteiger partial charge is 0.341 e. The molecule has 3 rings (SSSR count). The zero-order valence-corrected chi connectivity index (χ0v) is 17.1. The predicted molar refractivity (Wildman–Crippen MR) is 105 cm³/mol. The van der Waals surface area contributed by atoms with Gasteiger partial charge in [0.15, 0.2) is 0 Å². The van der Waals surface area contributed by atoms with Gasteiger partial charge in [-0.25, -0.2) is 13.2 Å². The zero-order valence-electron chi connectivity index (χ0n) is 16.3. The number of piperazine rings is 1. The number of furan rings is 1. The maximum atomic E-state index is 12.9. The van der Waals surface area contributed by atoms with Gasteiger partial charge in [0.25, 0.3) is 0 Å². The molecule has 1 aromatic carbocycles. The summed E-state index contributed by atoms with van der Waals surface area (Å²) >= 11 is 0. The van der Waals surface area contributed by atoms with E-state index in [0.717, 1.165) is 18.4 Å². The highest BCUT2D eigenvalue weighted by molar-refractivity contribution is 7.89. The Labute approximate surface area is 165 Å². The number of aryl methyl sites for hydroxylation is 1. The average Bonchev–Trinajstić information content (AvgIpc) is 3.16. The molecule has 2 heterocycles. The Kier molecular flexibility index (Phi) is 6.53. The van der Waals surface area contributed by atoms with E-state index in [9.17, 15) is 13.2 Å². The fourth-order valence-corrected chi connectivity index (χ4v) is 4.77. The molecule has 0 radical (unpaired) electrons. The number of sulfonamides is 1. The number of methoxy groups -OCH3 is 1. The van der Waals surface area contributed by atoms with Gasteiger partial charge in [-0.05, 0) is 30.2 Å². The molecule has 0 atom stereocenters. The van der Waals surface area contributed by atoms with Crippen molar-refractivity contribution in [2.75, 3.05) is 33.3 Å². The van der Waals surface area contributed by atoms with E-state index in [0.29, 0.717) is 48.9 Å². The molecule has 0 amide bonds. The third-order valence-electron chi connectivity index (χ3n) is 4.95. The third-order valence-corrected chi connectivity index (χ3v) is 6.86. The van der Waals surface area contributed by atoms with Gasteiger partial charge in [-0.2, -0.15) is 4.31 Å². The molecule has 1 aliphatic rings. The quantitative estimate of drug-likeness (QED) is 0.658. The highest BCUT2D eigenvalue weighted by Crippen LogP contribution is 2.21. The molecule has 1 aliphatic heterocycles. The lowest BCUT2D eigenvalue weighted by Gasteiger charge is -2.33. The van der Waals surface area contributed by atoms with Crippen LogP contribution in [-0.2, 0) is 27.7 Å². The standard InChI is InChI=1S/C20H26N2O5S/c1-3-4-16-5-7-17(8-6-16)28(24,25)22-12-10-21(11-13-22)15-19-18(9-14-27-19)20(23)26-2/h5-9,14H,3-4,10-13,15H2,1-2H3. The second-order valence-corrected chi connectivity index (χ2v) is 8.76. The van der Waals surface area contributed by atoms with Gasteiger partial charge in [0.1, 0.15) is 11.3 Å². The Hall–Kier alpha value is -2.16. The molecule has 7 nitrogen and oxygen atoms in total. The second kappa shape index (κ2) is 8.89. The van der Waals surface area contributed by atoms with Crippen molar-refractivity contribution >= 4 is 16.0 Å². The van der Waals surface area contributed by atoms with Crippen molar-refractivity contribution < 1.29 is 22.4 Å². The maximum absolute atomic E-state index is 12.9. The van der Waals surface area contributed by atoms with Crippen LogP contribution >= 0.6 is 0 Å². The number of rotatable bonds is 7. The summed E-state index contributed by atoms with van der Waals surface area (Å²) in [6.07, 6.45) is 3.44. The Morgan fingerprint density at radius 1 is 1.11 bits per heavy atom. The van der Waals surface area contributed by atoms with Gasteiger partial charge < -0.3 is 9.15 Å². The molecule has 0 unspecified atom stereocenters. The van der Waals surface area contributed by atoms with Crippen LogP contribution in [-0.4, -0.2) is 56.9 Å². The summed E-state index contributed by atoms with van der Waals surface area (Å²) in [6.45, 7) is 4.46. The first-order valence-corrected chi connectivity index (χ1v) is 10.9. The molecule has 0 N–H and O–H groups in total. The molecule has 0 saturated carbocycles. The summed E-state index contributed by atoms with van der Waals surface area (Å²) in [5, 5.41) is 0. The van der Waals surface area contributed by atoms with Gasteiger partial charge in [-0.1, -0.05) is 25.5 Å². The van der Waals surface area contributed by atoms with E-state index in [2.05, 4.69) is 11.8 Å². The molecule has 152 valence electrons. The summed E-state index contributed by atoms with van der Waals surface area (Å²) in [5.41, 5.74) is 1.55.